The van der Waals surface area contributed by atoms with Crippen LogP contribution in [0.1, 0.15) is 38.3 Å². The van der Waals surface area contributed by atoms with Gasteiger partial charge in [0.15, 0.2) is 0 Å². The quantitative estimate of drug-likeness (QED) is 0.793. The first kappa shape index (κ1) is 15.3. The van der Waals surface area contributed by atoms with Crippen molar-refractivity contribution in [1.82, 2.24) is 4.90 Å². The molecule has 20 heavy (non-hydrogen) atoms. The molecule has 1 aliphatic rings. The molecule has 0 spiro atoms. The van der Waals surface area contributed by atoms with Crippen LogP contribution in [0.4, 0.5) is 0 Å². The average molecular weight is 276 g/mol. The smallest absolute Gasteiger partial charge is 0.119 e. The fourth-order valence-electron chi connectivity index (χ4n) is 2.73. The van der Waals surface area contributed by atoms with Crippen LogP contribution >= 0.6 is 0 Å². The van der Waals surface area contributed by atoms with Gasteiger partial charge in [-0.15, -0.1) is 0 Å². The molecule has 0 radical (unpaired) electrons. The van der Waals surface area contributed by atoms with Crippen molar-refractivity contribution in [3.63, 3.8) is 0 Å². The van der Waals surface area contributed by atoms with Crippen molar-refractivity contribution in [3.8, 4) is 5.75 Å². The minimum Gasteiger partial charge on any atom is -0.494 e. The van der Waals surface area contributed by atoms with Gasteiger partial charge in [0.1, 0.15) is 5.75 Å². The zero-order valence-corrected chi connectivity index (χ0v) is 13.0. The van der Waals surface area contributed by atoms with Gasteiger partial charge in [0.25, 0.3) is 0 Å². The van der Waals surface area contributed by atoms with E-state index in [2.05, 4.69) is 50.1 Å². The molecule has 0 amide bonds. The predicted octanol–water partition coefficient (Wildman–Crippen LogP) is 3.06. The molecule has 0 saturated heterocycles. The van der Waals surface area contributed by atoms with E-state index >= 15 is 0 Å². The number of benzene rings is 1. The van der Waals surface area contributed by atoms with Crippen molar-refractivity contribution < 1.29 is 4.74 Å². The molecule has 1 fully saturated rings. The molecule has 0 aliphatic heterocycles. The third-order valence-corrected chi connectivity index (χ3v) is 4.29. The number of ether oxygens (including phenoxy) is 1. The lowest BCUT2D eigenvalue weighted by molar-refractivity contribution is 0.236. The largest absolute Gasteiger partial charge is 0.494 e. The lowest BCUT2D eigenvalue weighted by atomic mass is 10.1. The lowest BCUT2D eigenvalue weighted by Crippen LogP contribution is -2.32. The second-order valence-electron chi connectivity index (χ2n) is 6.08. The van der Waals surface area contributed by atoms with Crippen molar-refractivity contribution in [2.45, 2.75) is 32.7 Å². The number of nitrogens with two attached hydrogens (primary N) is 1. The summed E-state index contributed by atoms with van der Waals surface area (Å²) in [5.41, 5.74) is 7.27. The summed E-state index contributed by atoms with van der Waals surface area (Å²) in [5, 5.41) is 0. The van der Waals surface area contributed by atoms with Crippen molar-refractivity contribution in [1.29, 1.82) is 0 Å². The third kappa shape index (κ3) is 3.97. The van der Waals surface area contributed by atoms with Crippen molar-refractivity contribution >= 4 is 0 Å². The fraction of sp³-hybridized carbons (Fsp3) is 0.647. The topological polar surface area (TPSA) is 38.5 Å². The molecule has 3 atom stereocenters. The highest BCUT2D eigenvalue weighted by Gasteiger charge is 2.34. The van der Waals surface area contributed by atoms with Gasteiger partial charge in [-0.25, -0.2) is 0 Å². The molecular weight excluding hydrogens is 248 g/mol. The van der Waals surface area contributed by atoms with E-state index in [0.717, 1.165) is 37.2 Å². The predicted molar refractivity (Wildman–Crippen MR) is 83.9 cm³/mol. The molecule has 0 aromatic heterocycles. The fourth-order valence-corrected chi connectivity index (χ4v) is 2.73. The maximum atomic E-state index is 5.98. The second kappa shape index (κ2) is 7.09. The Morgan fingerprint density at radius 3 is 2.50 bits per heavy atom. The number of rotatable bonds is 8. The first-order chi connectivity index (χ1) is 9.65. The molecule has 2 N–H and O–H groups in total. The molecule has 3 unspecified atom stereocenters. The molecule has 2 rings (SSSR count). The first-order valence-electron chi connectivity index (χ1n) is 7.78. The molecule has 1 aliphatic carbocycles. The molecule has 3 nitrogen and oxygen atoms in total. The van der Waals surface area contributed by atoms with E-state index in [4.69, 9.17) is 10.5 Å². The Morgan fingerprint density at radius 1 is 1.35 bits per heavy atom. The third-order valence-electron chi connectivity index (χ3n) is 4.29. The van der Waals surface area contributed by atoms with Crippen molar-refractivity contribution in [2.24, 2.45) is 17.6 Å². The van der Waals surface area contributed by atoms with Gasteiger partial charge in [0.2, 0.25) is 0 Å². The van der Waals surface area contributed by atoms with Crippen LogP contribution in [-0.2, 0) is 0 Å². The van der Waals surface area contributed by atoms with Gasteiger partial charge in [-0.05, 0) is 49.4 Å². The second-order valence-corrected chi connectivity index (χ2v) is 6.08. The molecule has 1 aromatic carbocycles. The van der Waals surface area contributed by atoms with Crippen LogP contribution < -0.4 is 10.5 Å². The maximum Gasteiger partial charge on any atom is 0.119 e. The summed E-state index contributed by atoms with van der Waals surface area (Å²) in [6.45, 7) is 7.03. The Kier molecular flexibility index (Phi) is 5.44. The number of hydrogen-bond acceptors (Lipinski definition) is 3. The lowest BCUT2D eigenvalue weighted by Gasteiger charge is -2.27. The highest BCUT2D eigenvalue weighted by molar-refractivity contribution is 5.29. The van der Waals surface area contributed by atoms with Crippen molar-refractivity contribution in [3.05, 3.63) is 29.8 Å². The Bertz CT molecular complexity index is 404. The summed E-state index contributed by atoms with van der Waals surface area (Å²) in [4.78, 5) is 2.40. The van der Waals surface area contributed by atoms with Crippen LogP contribution in [0.3, 0.4) is 0 Å². The summed E-state index contributed by atoms with van der Waals surface area (Å²) in [5.74, 6) is 2.70. The normalized spacial score (nSPS) is 22.9. The summed E-state index contributed by atoms with van der Waals surface area (Å²) < 4.78 is 5.63. The van der Waals surface area contributed by atoms with Crippen LogP contribution in [0.5, 0.6) is 5.75 Å². The zero-order valence-electron chi connectivity index (χ0n) is 13.0. The van der Waals surface area contributed by atoms with Gasteiger partial charge >= 0.3 is 0 Å². The zero-order chi connectivity index (χ0) is 14.5. The monoisotopic (exact) mass is 276 g/mol. The molecule has 3 heteroatoms. The maximum absolute atomic E-state index is 5.98. The van der Waals surface area contributed by atoms with Gasteiger partial charge in [-0.3, -0.25) is 4.90 Å². The van der Waals surface area contributed by atoms with E-state index in [1.165, 1.54) is 12.0 Å². The summed E-state index contributed by atoms with van der Waals surface area (Å²) in [7, 11) is 2.18. The minimum atomic E-state index is 0.308. The van der Waals surface area contributed by atoms with E-state index in [9.17, 15) is 0 Å². The number of likely N-dealkylation sites (N-methyl/N-ethyl adjacent to an activating group) is 1. The molecular formula is C17H28N2O. The number of hydrogen-bond donors (Lipinski definition) is 1. The summed E-state index contributed by atoms with van der Waals surface area (Å²) in [6, 6.07) is 8.72. The van der Waals surface area contributed by atoms with Gasteiger partial charge in [-0.1, -0.05) is 26.0 Å². The van der Waals surface area contributed by atoms with Crippen LogP contribution in [-0.4, -0.2) is 31.6 Å². The Morgan fingerprint density at radius 2 is 2.00 bits per heavy atom. The average Bonchev–Trinajstić information content (AvgIpc) is 3.14. The van der Waals surface area contributed by atoms with Gasteiger partial charge in [0.05, 0.1) is 6.61 Å². The molecule has 1 saturated carbocycles. The highest BCUT2D eigenvalue weighted by atomic mass is 16.5. The SMILES string of the molecule is CCCOc1ccc(C(CN)N(C)CC2CC2C)cc1. The standard InChI is InChI=1S/C17H28N2O/c1-4-9-20-16-7-5-14(6-8-16)17(11-18)19(3)12-15-10-13(15)2/h5-8,13,15,17H,4,9-12,18H2,1-3H3. The van der Waals surface area contributed by atoms with Gasteiger partial charge < -0.3 is 10.5 Å². The van der Waals surface area contributed by atoms with Crippen LogP contribution in [0.25, 0.3) is 0 Å². The molecule has 112 valence electrons. The van der Waals surface area contributed by atoms with E-state index in [0.29, 0.717) is 12.6 Å². The summed E-state index contributed by atoms with van der Waals surface area (Å²) >= 11 is 0. The van der Waals surface area contributed by atoms with E-state index in [1.54, 1.807) is 0 Å². The highest BCUT2D eigenvalue weighted by Crippen LogP contribution is 2.39. The Balaban J connectivity index is 1.95. The van der Waals surface area contributed by atoms with Crippen LogP contribution in [0.2, 0.25) is 0 Å². The Hall–Kier alpha value is -1.06. The van der Waals surface area contributed by atoms with E-state index < -0.39 is 0 Å². The number of nitrogens with zero attached hydrogens (tertiary/aromatic N) is 1. The van der Waals surface area contributed by atoms with Crippen molar-refractivity contribution in [2.75, 3.05) is 26.7 Å². The minimum absolute atomic E-state index is 0.308. The van der Waals surface area contributed by atoms with Gasteiger partial charge in [-0.2, -0.15) is 0 Å². The van der Waals surface area contributed by atoms with E-state index in [-0.39, 0.29) is 0 Å². The summed E-state index contributed by atoms with van der Waals surface area (Å²) in [6.07, 6.45) is 2.40. The van der Waals surface area contributed by atoms with Gasteiger partial charge in [0, 0.05) is 19.1 Å². The van der Waals surface area contributed by atoms with Crippen LogP contribution in [0.15, 0.2) is 24.3 Å². The molecule has 0 bridgehead atoms. The van der Waals surface area contributed by atoms with E-state index in [1.807, 2.05) is 0 Å². The molecule has 0 heterocycles. The van der Waals surface area contributed by atoms with Crippen LogP contribution in [0, 0.1) is 11.8 Å². The molecule has 1 aromatic rings. The Labute approximate surface area is 123 Å². The first-order valence-corrected chi connectivity index (χ1v) is 7.78.